The highest BCUT2D eigenvalue weighted by molar-refractivity contribution is 5.39. The fourth-order valence-corrected chi connectivity index (χ4v) is 1.46. The highest BCUT2D eigenvalue weighted by Crippen LogP contribution is 2.39. The minimum atomic E-state index is -4.99. The maximum Gasteiger partial charge on any atom is 0.417 e. The normalized spacial score (nSPS) is 12.2. The predicted octanol–water partition coefficient (Wildman–Crippen LogP) is 1.99. The van der Waals surface area contributed by atoms with Gasteiger partial charge in [-0.25, -0.2) is 8.78 Å². The Hall–Kier alpha value is -1.28. The van der Waals surface area contributed by atoms with Gasteiger partial charge in [0.15, 0.2) is 0 Å². The monoisotopic (exact) mass is 256 g/mol. The molecule has 0 saturated heterocycles. The third-order valence-electron chi connectivity index (χ3n) is 2.14. The first-order chi connectivity index (χ1) is 7.82. The van der Waals surface area contributed by atoms with E-state index in [2.05, 4.69) is 4.98 Å². The lowest BCUT2D eigenvalue weighted by atomic mass is 10.0. The van der Waals surface area contributed by atoms with Crippen molar-refractivity contribution in [1.29, 1.82) is 0 Å². The molecule has 0 aliphatic heterocycles. The average Bonchev–Trinajstić information content (AvgIpc) is 2.25. The molecule has 0 saturated carbocycles. The molecule has 1 heterocycles. The topological polar surface area (TPSA) is 59.1 Å². The summed E-state index contributed by atoms with van der Waals surface area (Å²) in [6.07, 6.45) is -7.64. The highest BCUT2D eigenvalue weighted by Gasteiger charge is 2.39. The number of pyridine rings is 1. The van der Waals surface area contributed by atoms with E-state index < -0.39 is 48.1 Å². The third-order valence-corrected chi connectivity index (χ3v) is 2.14. The van der Waals surface area contributed by atoms with E-state index in [9.17, 15) is 22.0 Å². The van der Waals surface area contributed by atoms with E-state index in [0.717, 1.165) is 0 Å². The smallest absolute Gasteiger partial charge is 0.392 e. The standard InChI is InChI=1S/C9H9F5N2O/c10-8(11)6-5(1-15)16-2-4(3-17)7(6)9(12,13)14/h2,8,17H,1,3,15H2. The Morgan fingerprint density at radius 2 is 1.94 bits per heavy atom. The molecule has 0 aliphatic rings. The van der Waals surface area contributed by atoms with Gasteiger partial charge in [0.25, 0.3) is 6.43 Å². The summed E-state index contributed by atoms with van der Waals surface area (Å²) in [5.41, 5.74) is 1.04. The van der Waals surface area contributed by atoms with Crippen LogP contribution in [0.15, 0.2) is 6.20 Å². The number of rotatable bonds is 3. The van der Waals surface area contributed by atoms with Gasteiger partial charge in [-0.3, -0.25) is 4.98 Å². The minimum absolute atomic E-state index is 0.524. The van der Waals surface area contributed by atoms with E-state index in [-0.39, 0.29) is 0 Å². The molecule has 0 spiro atoms. The lowest BCUT2D eigenvalue weighted by molar-refractivity contribution is -0.140. The fraction of sp³-hybridized carbons (Fsp3) is 0.444. The zero-order valence-corrected chi connectivity index (χ0v) is 8.43. The van der Waals surface area contributed by atoms with Crippen molar-refractivity contribution in [2.75, 3.05) is 0 Å². The summed E-state index contributed by atoms with van der Waals surface area (Å²) >= 11 is 0. The Labute approximate surface area is 93.1 Å². The molecule has 0 bridgehead atoms. The van der Waals surface area contributed by atoms with Crippen LogP contribution in [0.3, 0.4) is 0 Å². The second-order valence-electron chi connectivity index (χ2n) is 3.18. The summed E-state index contributed by atoms with van der Waals surface area (Å²) < 4.78 is 63.3. The Bertz CT molecular complexity index is 405. The van der Waals surface area contributed by atoms with Crippen molar-refractivity contribution in [2.24, 2.45) is 5.73 Å². The van der Waals surface area contributed by atoms with E-state index in [4.69, 9.17) is 10.8 Å². The van der Waals surface area contributed by atoms with Gasteiger partial charge < -0.3 is 10.8 Å². The van der Waals surface area contributed by atoms with Crippen LogP contribution in [-0.2, 0) is 19.3 Å². The number of hydrogen-bond donors (Lipinski definition) is 2. The van der Waals surface area contributed by atoms with Gasteiger partial charge in [-0.1, -0.05) is 0 Å². The molecule has 0 atom stereocenters. The first-order valence-electron chi connectivity index (χ1n) is 4.49. The van der Waals surface area contributed by atoms with E-state index in [1.54, 1.807) is 0 Å². The summed E-state index contributed by atoms with van der Waals surface area (Å²) in [6, 6.07) is 0. The molecule has 17 heavy (non-hydrogen) atoms. The molecule has 0 aromatic carbocycles. The number of nitrogens with two attached hydrogens (primary N) is 1. The van der Waals surface area contributed by atoms with Gasteiger partial charge in [0, 0.05) is 18.3 Å². The molecule has 0 radical (unpaired) electrons. The molecule has 96 valence electrons. The lowest BCUT2D eigenvalue weighted by Gasteiger charge is -2.18. The molecule has 8 heteroatoms. The number of aromatic nitrogens is 1. The summed E-state index contributed by atoms with van der Waals surface area (Å²) in [6.45, 7) is -1.55. The second-order valence-corrected chi connectivity index (χ2v) is 3.18. The number of hydrogen-bond acceptors (Lipinski definition) is 3. The van der Waals surface area contributed by atoms with Crippen LogP contribution in [-0.4, -0.2) is 10.1 Å². The zero-order valence-electron chi connectivity index (χ0n) is 8.43. The van der Waals surface area contributed by atoms with E-state index in [0.29, 0.717) is 6.20 Å². The maximum absolute atomic E-state index is 12.7. The quantitative estimate of drug-likeness (QED) is 0.813. The number of aliphatic hydroxyl groups excluding tert-OH is 1. The molecule has 0 fully saturated rings. The summed E-state index contributed by atoms with van der Waals surface area (Å²) in [5, 5.41) is 8.74. The SMILES string of the molecule is NCc1ncc(CO)c(C(F)(F)F)c1C(F)F. The maximum atomic E-state index is 12.7. The number of nitrogens with zero attached hydrogens (tertiary/aromatic N) is 1. The number of halogens is 5. The van der Waals surface area contributed by atoms with Crippen molar-refractivity contribution >= 4 is 0 Å². The lowest BCUT2D eigenvalue weighted by Crippen LogP contribution is -2.18. The van der Waals surface area contributed by atoms with Gasteiger partial charge in [-0.15, -0.1) is 0 Å². The van der Waals surface area contributed by atoms with Crippen LogP contribution < -0.4 is 5.73 Å². The zero-order chi connectivity index (χ0) is 13.2. The van der Waals surface area contributed by atoms with Crippen LogP contribution in [0.1, 0.15) is 28.8 Å². The van der Waals surface area contributed by atoms with Gasteiger partial charge in [0.05, 0.1) is 23.4 Å². The van der Waals surface area contributed by atoms with Crippen molar-refractivity contribution in [3.05, 3.63) is 28.6 Å². The molecule has 1 rings (SSSR count). The van der Waals surface area contributed by atoms with Crippen molar-refractivity contribution in [2.45, 2.75) is 25.8 Å². The van der Waals surface area contributed by atoms with Crippen LogP contribution in [0, 0.1) is 0 Å². The van der Waals surface area contributed by atoms with Gasteiger partial charge in [-0.2, -0.15) is 13.2 Å². The van der Waals surface area contributed by atoms with Crippen molar-refractivity contribution in [3.8, 4) is 0 Å². The third kappa shape index (κ3) is 2.70. The van der Waals surface area contributed by atoms with Gasteiger partial charge in [-0.05, 0) is 0 Å². The molecule has 3 nitrogen and oxygen atoms in total. The molecular formula is C9H9F5N2O. The summed E-state index contributed by atoms with van der Waals surface area (Å²) in [7, 11) is 0. The second kappa shape index (κ2) is 4.92. The summed E-state index contributed by atoms with van der Waals surface area (Å²) in [4.78, 5) is 3.40. The average molecular weight is 256 g/mol. The van der Waals surface area contributed by atoms with Crippen LogP contribution in [0.5, 0.6) is 0 Å². The van der Waals surface area contributed by atoms with E-state index in [1.807, 2.05) is 0 Å². The van der Waals surface area contributed by atoms with Gasteiger partial charge in [0.1, 0.15) is 0 Å². The Morgan fingerprint density at radius 1 is 1.35 bits per heavy atom. The Morgan fingerprint density at radius 3 is 2.29 bits per heavy atom. The largest absolute Gasteiger partial charge is 0.417 e. The molecule has 0 unspecified atom stereocenters. The first-order valence-corrected chi connectivity index (χ1v) is 4.49. The van der Waals surface area contributed by atoms with Crippen LogP contribution in [0.2, 0.25) is 0 Å². The molecule has 1 aromatic heterocycles. The molecular weight excluding hydrogens is 247 g/mol. The number of aliphatic hydroxyl groups is 1. The Balaban J connectivity index is 3.59. The van der Waals surface area contributed by atoms with Gasteiger partial charge in [0.2, 0.25) is 0 Å². The van der Waals surface area contributed by atoms with Crippen molar-refractivity contribution in [1.82, 2.24) is 4.98 Å². The van der Waals surface area contributed by atoms with Crippen LogP contribution in [0.25, 0.3) is 0 Å². The molecule has 0 amide bonds. The highest BCUT2D eigenvalue weighted by atomic mass is 19.4. The van der Waals surface area contributed by atoms with Crippen molar-refractivity contribution < 1.29 is 27.1 Å². The van der Waals surface area contributed by atoms with Crippen LogP contribution >= 0.6 is 0 Å². The minimum Gasteiger partial charge on any atom is -0.392 e. The fourth-order valence-electron chi connectivity index (χ4n) is 1.46. The number of alkyl halides is 5. The van der Waals surface area contributed by atoms with Crippen molar-refractivity contribution in [3.63, 3.8) is 0 Å². The van der Waals surface area contributed by atoms with Gasteiger partial charge >= 0.3 is 6.18 Å². The first kappa shape index (κ1) is 13.8. The predicted molar refractivity (Wildman–Crippen MR) is 48.0 cm³/mol. The molecule has 0 aliphatic carbocycles. The van der Waals surface area contributed by atoms with E-state index >= 15 is 0 Å². The van der Waals surface area contributed by atoms with E-state index in [1.165, 1.54) is 0 Å². The Kier molecular flexibility index (Phi) is 3.99. The van der Waals surface area contributed by atoms with Crippen LogP contribution in [0.4, 0.5) is 22.0 Å². The summed E-state index contributed by atoms with van der Waals surface area (Å²) in [5.74, 6) is 0. The molecule has 1 aromatic rings. The molecule has 3 N–H and O–H groups in total.